The summed E-state index contributed by atoms with van der Waals surface area (Å²) >= 11 is 0. The van der Waals surface area contributed by atoms with Gasteiger partial charge in [-0.25, -0.2) is 12.8 Å². The molecule has 0 radical (unpaired) electrons. The third-order valence-corrected chi connectivity index (χ3v) is 7.37. The lowest BCUT2D eigenvalue weighted by Gasteiger charge is -2.33. The molecule has 1 atom stereocenters. The molecule has 0 aliphatic heterocycles. The lowest BCUT2D eigenvalue weighted by atomic mass is 10.1. The van der Waals surface area contributed by atoms with Crippen molar-refractivity contribution in [1.82, 2.24) is 10.2 Å². The summed E-state index contributed by atoms with van der Waals surface area (Å²) in [5, 5.41) is 2.88. The van der Waals surface area contributed by atoms with Gasteiger partial charge >= 0.3 is 0 Å². The number of halogens is 1. The summed E-state index contributed by atoms with van der Waals surface area (Å²) in [4.78, 5) is 28.1. The minimum absolute atomic E-state index is 0.0136. The number of amides is 2. The van der Waals surface area contributed by atoms with Crippen LogP contribution in [-0.2, 0) is 26.2 Å². The van der Waals surface area contributed by atoms with Gasteiger partial charge in [0.15, 0.2) is 0 Å². The number of carbonyl (C=O) groups excluding carboxylic acids is 2. The van der Waals surface area contributed by atoms with E-state index in [-0.39, 0.29) is 23.0 Å². The summed E-state index contributed by atoms with van der Waals surface area (Å²) in [6.45, 7) is 6.64. The fraction of sp³-hybridized carbons (Fsp3) is 0.286. The lowest BCUT2D eigenvalue weighted by Crippen LogP contribution is -2.54. The van der Waals surface area contributed by atoms with E-state index < -0.39 is 39.9 Å². The molecule has 9 heteroatoms. The zero-order valence-electron chi connectivity index (χ0n) is 21.4. The molecule has 0 aliphatic rings. The van der Waals surface area contributed by atoms with E-state index in [0.717, 1.165) is 22.0 Å². The molecule has 37 heavy (non-hydrogen) atoms. The molecule has 3 rings (SSSR count). The van der Waals surface area contributed by atoms with E-state index in [1.807, 2.05) is 51.1 Å². The number of anilines is 1. The zero-order chi connectivity index (χ0) is 27.2. The second kappa shape index (κ2) is 11.6. The highest BCUT2D eigenvalue weighted by Gasteiger charge is 2.33. The van der Waals surface area contributed by atoms with Crippen molar-refractivity contribution in [3.8, 4) is 0 Å². The number of rotatable bonds is 9. The van der Waals surface area contributed by atoms with Gasteiger partial charge in [-0.3, -0.25) is 13.9 Å². The van der Waals surface area contributed by atoms with E-state index in [1.54, 1.807) is 25.1 Å². The molecule has 2 amide bonds. The highest BCUT2D eigenvalue weighted by molar-refractivity contribution is 7.92. The van der Waals surface area contributed by atoms with E-state index in [2.05, 4.69) is 5.32 Å². The van der Waals surface area contributed by atoms with Crippen LogP contribution in [0.5, 0.6) is 0 Å². The number of nitrogens with zero attached hydrogens (tertiary/aromatic N) is 2. The van der Waals surface area contributed by atoms with E-state index in [0.29, 0.717) is 0 Å². The number of nitrogens with one attached hydrogen (secondary N) is 1. The topological polar surface area (TPSA) is 86.8 Å². The van der Waals surface area contributed by atoms with Gasteiger partial charge in [0, 0.05) is 12.1 Å². The van der Waals surface area contributed by atoms with Crippen molar-refractivity contribution >= 4 is 27.5 Å². The third-order valence-electron chi connectivity index (χ3n) is 5.59. The number of benzene rings is 3. The molecular weight excluding hydrogens is 493 g/mol. The molecule has 0 bridgehead atoms. The maximum atomic E-state index is 13.8. The van der Waals surface area contributed by atoms with Gasteiger partial charge in [0.1, 0.15) is 18.4 Å². The van der Waals surface area contributed by atoms with Gasteiger partial charge in [-0.2, -0.15) is 0 Å². The van der Waals surface area contributed by atoms with Crippen LogP contribution in [-0.4, -0.2) is 43.3 Å². The van der Waals surface area contributed by atoms with Crippen LogP contribution in [0.1, 0.15) is 33.3 Å². The van der Waals surface area contributed by atoms with Gasteiger partial charge in [-0.15, -0.1) is 0 Å². The molecule has 0 heterocycles. The van der Waals surface area contributed by atoms with Crippen LogP contribution < -0.4 is 9.62 Å². The van der Waals surface area contributed by atoms with Crippen molar-refractivity contribution < 1.29 is 22.4 Å². The van der Waals surface area contributed by atoms with E-state index in [9.17, 15) is 22.4 Å². The van der Waals surface area contributed by atoms with Gasteiger partial charge < -0.3 is 10.2 Å². The van der Waals surface area contributed by atoms with Gasteiger partial charge in [0.05, 0.1) is 10.6 Å². The molecule has 0 spiro atoms. The predicted octanol–water partition coefficient (Wildman–Crippen LogP) is 4.35. The molecule has 0 saturated heterocycles. The number of hydrogen-bond acceptors (Lipinski definition) is 4. The summed E-state index contributed by atoms with van der Waals surface area (Å²) in [5.41, 5.74) is 0.388. The van der Waals surface area contributed by atoms with E-state index >= 15 is 0 Å². The van der Waals surface area contributed by atoms with Crippen LogP contribution in [0.3, 0.4) is 0 Å². The Labute approximate surface area is 218 Å². The van der Waals surface area contributed by atoms with Crippen molar-refractivity contribution in [1.29, 1.82) is 0 Å². The Morgan fingerprint density at radius 3 is 1.97 bits per heavy atom. The molecule has 1 N–H and O–H groups in total. The maximum absolute atomic E-state index is 13.8. The largest absolute Gasteiger partial charge is 0.350 e. The Bertz CT molecular complexity index is 1310. The second-order valence-electron chi connectivity index (χ2n) is 9.72. The summed E-state index contributed by atoms with van der Waals surface area (Å²) in [7, 11) is -4.18. The van der Waals surface area contributed by atoms with Crippen molar-refractivity contribution in [2.45, 2.75) is 50.7 Å². The first kappa shape index (κ1) is 27.9. The van der Waals surface area contributed by atoms with Gasteiger partial charge in [0.25, 0.3) is 10.0 Å². The zero-order valence-corrected chi connectivity index (χ0v) is 22.2. The Morgan fingerprint density at radius 2 is 1.43 bits per heavy atom. The summed E-state index contributed by atoms with van der Waals surface area (Å²) in [6.07, 6.45) is 0. The number of sulfonamides is 1. The predicted molar refractivity (Wildman–Crippen MR) is 142 cm³/mol. The van der Waals surface area contributed by atoms with Crippen LogP contribution >= 0.6 is 0 Å². The van der Waals surface area contributed by atoms with Crippen LogP contribution in [0.2, 0.25) is 0 Å². The van der Waals surface area contributed by atoms with E-state index in [1.165, 1.54) is 29.2 Å². The van der Waals surface area contributed by atoms with E-state index in [4.69, 9.17) is 0 Å². The maximum Gasteiger partial charge on any atom is 0.264 e. The number of hydrogen-bond donors (Lipinski definition) is 1. The SMILES string of the molecule is C[C@@H](C(=O)NC(C)(C)C)N(Cc1ccccc1)C(=O)CN(c1ccc(F)cc1)S(=O)(=O)c1ccccc1. The smallest absolute Gasteiger partial charge is 0.264 e. The summed E-state index contributed by atoms with van der Waals surface area (Å²) in [6, 6.07) is 20.8. The first-order chi connectivity index (χ1) is 17.4. The van der Waals surface area contributed by atoms with Crippen molar-refractivity contribution in [2.24, 2.45) is 0 Å². The molecule has 3 aromatic rings. The monoisotopic (exact) mass is 525 g/mol. The molecule has 0 saturated carbocycles. The van der Waals surface area contributed by atoms with Crippen LogP contribution in [0, 0.1) is 5.82 Å². The van der Waals surface area contributed by atoms with Crippen molar-refractivity contribution in [3.05, 3.63) is 96.3 Å². The molecule has 3 aromatic carbocycles. The highest BCUT2D eigenvalue weighted by atomic mass is 32.2. The third kappa shape index (κ3) is 7.39. The second-order valence-corrected chi connectivity index (χ2v) is 11.6. The Hall–Kier alpha value is -3.72. The normalized spacial score (nSPS) is 12.5. The fourth-order valence-electron chi connectivity index (χ4n) is 3.69. The van der Waals surface area contributed by atoms with Crippen LogP contribution in [0.25, 0.3) is 0 Å². The molecule has 7 nitrogen and oxygen atoms in total. The van der Waals surface area contributed by atoms with Crippen LogP contribution in [0.4, 0.5) is 10.1 Å². The first-order valence-electron chi connectivity index (χ1n) is 11.9. The van der Waals surface area contributed by atoms with Crippen LogP contribution in [0.15, 0.2) is 89.8 Å². The number of carbonyl (C=O) groups is 2. The first-order valence-corrected chi connectivity index (χ1v) is 13.3. The molecule has 0 fully saturated rings. The average Bonchev–Trinajstić information content (AvgIpc) is 2.86. The minimum Gasteiger partial charge on any atom is -0.350 e. The molecule has 0 unspecified atom stereocenters. The van der Waals surface area contributed by atoms with Crippen molar-refractivity contribution in [2.75, 3.05) is 10.8 Å². The summed E-state index contributed by atoms with van der Waals surface area (Å²) < 4.78 is 41.8. The Kier molecular flexibility index (Phi) is 8.70. The van der Waals surface area contributed by atoms with Gasteiger partial charge in [0.2, 0.25) is 11.8 Å². The average molecular weight is 526 g/mol. The van der Waals surface area contributed by atoms with Gasteiger partial charge in [-0.05, 0) is 69.7 Å². The molecule has 196 valence electrons. The molecule has 0 aromatic heterocycles. The van der Waals surface area contributed by atoms with Gasteiger partial charge in [-0.1, -0.05) is 48.5 Å². The molecular formula is C28H32FN3O4S. The Morgan fingerprint density at radius 1 is 0.892 bits per heavy atom. The quantitative estimate of drug-likeness (QED) is 0.450. The fourth-order valence-corrected chi connectivity index (χ4v) is 5.13. The molecule has 0 aliphatic carbocycles. The highest BCUT2D eigenvalue weighted by Crippen LogP contribution is 2.25. The minimum atomic E-state index is -4.18. The van der Waals surface area contributed by atoms with Crippen molar-refractivity contribution in [3.63, 3.8) is 0 Å². The lowest BCUT2D eigenvalue weighted by molar-refractivity contribution is -0.140. The standard InChI is InChI=1S/C28H32FN3O4S/c1-21(27(34)30-28(2,3)4)31(19-22-11-7-5-8-12-22)26(33)20-32(24-17-15-23(29)16-18-24)37(35,36)25-13-9-6-10-14-25/h5-18,21H,19-20H2,1-4H3,(H,30,34)/t21-/m0/s1. The summed E-state index contributed by atoms with van der Waals surface area (Å²) in [5.74, 6) is -1.48. The Balaban J connectivity index is 2.00.